The zero-order valence-corrected chi connectivity index (χ0v) is 15.3. The lowest BCUT2D eigenvalue weighted by molar-refractivity contribution is 0.324. The van der Waals surface area contributed by atoms with Crippen molar-refractivity contribution in [1.29, 1.82) is 0 Å². The minimum atomic E-state index is 0.365. The first-order valence-corrected chi connectivity index (χ1v) is 7.80. The van der Waals surface area contributed by atoms with Gasteiger partial charge < -0.3 is 23.7 Å². The Morgan fingerprint density at radius 1 is 0.769 bits per heavy atom. The SMILES string of the molecule is C=CCOc1cc(N=Nc2cc(OC)c(OC)c(OC)c2)ccc1OC. The lowest BCUT2D eigenvalue weighted by Gasteiger charge is -2.12. The molecule has 0 saturated carbocycles. The third-order valence-corrected chi connectivity index (χ3v) is 3.43. The number of benzene rings is 2. The Kier molecular flexibility index (Phi) is 6.84. The van der Waals surface area contributed by atoms with Gasteiger partial charge in [-0.3, -0.25) is 0 Å². The first kappa shape index (κ1) is 19.1. The minimum Gasteiger partial charge on any atom is -0.493 e. The molecule has 2 aromatic carbocycles. The lowest BCUT2D eigenvalue weighted by atomic mass is 10.2. The fourth-order valence-electron chi connectivity index (χ4n) is 2.23. The summed E-state index contributed by atoms with van der Waals surface area (Å²) in [5, 5.41) is 8.48. The monoisotopic (exact) mass is 358 g/mol. The van der Waals surface area contributed by atoms with Gasteiger partial charge in [-0.2, -0.15) is 10.2 Å². The van der Waals surface area contributed by atoms with Gasteiger partial charge in [-0.1, -0.05) is 12.7 Å². The molecule has 2 rings (SSSR count). The average Bonchev–Trinajstić information content (AvgIpc) is 2.69. The van der Waals surface area contributed by atoms with E-state index in [4.69, 9.17) is 23.7 Å². The summed E-state index contributed by atoms with van der Waals surface area (Å²) in [6, 6.07) is 8.71. The predicted molar refractivity (Wildman–Crippen MR) is 99.0 cm³/mol. The van der Waals surface area contributed by atoms with Crippen molar-refractivity contribution >= 4 is 11.4 Å². The number of hydrogen-bond donors (Lipinski definition) is 0. The molecule has 26 heavy (non-hydrogen) atoms. The van der Waals surface area contributed by atoms with E-state index in [-0.39, 0.29) is 0 Å². The quantitative estimate of drug-likeness (QED) is 0.480. The van der Waals surface area contributed by atoms with Crippen LogP contribution in [0, 0.1) is 0 Å². The highest BCUT2D eigenvalue weighted by Crippen LogP contribution is 2.41. The molecular weight excluding hydrogens is 336 g/mol. The molecule has 0 aliphatic heterocycles. The molecule has 0 radical (unpaired) electrons. The van der Waals surface area contributed by atoms with Gasteiger partial charge in [0.25, 0.3) is 0 Å². The topological polar surface area (TPSA) is 70.9 Å². The van der Waals surface area contributed by atoms with Crippen LogP contribution in [0.25, 0.3) is 0 Å². The lowest BCUT2D eigenvalue weighted by Crippen LogP contribution is -1.95. The maximum Gasteiger partial charge on any atom is 0.203 e. The van der Waals surface area contributed by atoms with Crippen molar-refractivity contribution in [3.8, 4) is 28.7 Å². The van der Waals surface area contributed by atoms with Crippen LogP contribution in [0.15, 0.2) is 53.2 Å². The molecule has 0 saturated heterocycles. The van der Waals surface area contributed by atoms with Crippen molar-refractivity contribution in [3.05, 3.63) is 43.0 Å². The van der Waals surface area contributed by atoms with Gasteiger partial charge in [0, 0.05) is 18.2 Å². The van der Waals surface area contributed by atoms with Crippen LogP contribution in [-0.2, 0) is 0 Å². The van der Waals surface area contributed by atoms with Crippen LogP contribution in [0.3, 0.4) is 0 Å². The van der Waals surface area contributed by atoms with E-state index in [1.807, 2.05) is 0 Å². The summed E-state index contributed by atoms with van der Waals surface area (Å²) in [4.78, 5) is 0. The van der Waals surface area contributed by atoms with Gasteiger partial charge in [-0.25, -0.2) is 0 Å². The van der Waals surface area contributed by atoms with Crippen LogP contribution in [0.2, 0.25) is 0 Å². The zero-order valence-electron chi connectivity index (χ0n) is 15.3. The van der Waals surface area contributed by atoms with E-state index in [0.717, 1.165) is 0 Å². The van der Waals surface area contributed by atoms with Crippen LogP contribution >= 0.6 is 0 Å². The molecule has 2 aromatic rings. The van der Waals surface area contributed by atoms with Gasteiger partial charge in [0.15, 0.2) is 23.0 Å². The van der Waals surface area contributed by atoms with Crippen LogP contribution in [-0.4, -0.2) is 35.0 Å². The summed E-state index contributed by atoms with van der Waals surface area (Å²) in [6.07, 6.45) is 1.66. The molecule has 0 bridgehead atoms. The van der Waals surface area contributed by atoms with Gasteiger partial charge >= 0.3 is 0 Å². The molecule has 7 heteroatoms. The van der Waals surface area contributed by atoms with Crippen molar-refractivity contribution < 1.29 is 23.7 Å². The summed E-state index contributed by atoms with van der Waals surface area (Å²) < 4.78 is 26.8. The number of rotatable bonds is 9. The summed E-state index contributed by atoms with van der Waals surface area (Å²) in [5.41, 5.74) is 1.17. The smallest absolute Gasteiger partial charge is 0.203 e. The summed E-state index contributed by atoms with van der Waals surface area (Å²) in [7, 11) is 6.22. The van der Waals surface area contributed by atoms with E-state index >= 15 is 0 Å². The normalized spacial score (nSPS) is 10.5. The molecule has 0 N–H and O–H groups in total. The van der Waals surface area contributed by atoms with E-state index < -0.39 is 0 Å². The molecule has 0 amide bonds. The van der Waals surface area contributed by atoms with Gasteiger partial charge in [0.05, 0.1) is 39.8 Å². The van der Waals surface area contributed by atoms with Gasteiger partial charge in [0.1, 0.15) is 6.61 Å². The third-order valence-electron chi connectivity index (χ3n) is 3.43. The second-order valence-electron chi connectivity index (χ2n) is 5.02. The second-order valence-corrected chi connectivity index (χ2v) is 5.02. The molecule has 0 aliphatic rings. The maximum absolute atomic E-state index is 5.57. The van der Waals surface area contributed by atoms with Crippen LogP contribution < -0.4 is 23.7 Å². The Morgan fingerprint density at radius 2 is 1.35 bits per heavy atom. The minimum absolute atomic E-state index is 0.365. The van der Waals surface area contributed by atoms with Crippen LogP contribution in [0.1, 0.15) is 0 Å². The molecule has 138 valence electrons. The Hall–Kier alpha value is -3.22. The number of hydrogen-bond acceptors (Lipinski definition) is 7. The van der Waals surface area contributed by atoms with E-state index in [2.05, 4.69) is 16.8 Å². The molecule has 0 unspecified atom stereocenters. The Morgan fingerprint density at radius 3 is 1.88 bits per heavy atom. The largest absolute Gasteiger partial charge is 0.493 e. The van der Waals surface area contributed by atoms with Crippen molar-refractivity contribution in [3.63, 3.8) is 0 Å². The summed E-state index contributed by atoms with van der Waals surface area (Å²) in [6.45, 7) is 4.00. The van der Waals surface area contributed by atoms with E-state index in [0.29, 0.717) is 46.7 Å². The van der Waals surface area contributed by atoms with Crippen molar-refractivity contribution in [2.75, 3.05) is 35.0 Å². The zero-order chi connectivity index (χ0) is 18.9. The number of methoxy groups -OCH3 is 4. The predicted octanol–water partition coefficient (Wildman–Crippen LogP) is 4.70. The molecule has 0 spiro atoms. The molecule has 0 atom stereocenters. The van der Waals surface area contributed by atoms with Crippen molar-refractivity contribution in [1.82, 2.24) is 0 Å². The third kappa shape index (κ3) is 4.44. The average molecular weight is 358 g/mol. The molecule has 7 nitrogen and oxygen atoms in total. The van der Waals surface area contributed by atoms with Crippen LogP contribution in [0.5, 0.6) is 28.7 Å². The molecule has 0 heterocycles. The highest BCUT2D eigenvalue weighted by Gasteiger charge is 2.13. The summed E-state index contributed by atoms with van der Waals surface area (Å²) in [5.74, 6) is 2.68. The first-order chi connectivity index (χ1) is 12.7. The molecule has 0 fully saturated rings. The fraction of sp³-hybridized carbons (Fsp3) is 0.263. The number of nitrogens with zero attached hydrogens (tertiary/aromatic N) is 2. The first-order valence-electron chi connectivity index (χ1n) is 7.80. The standard InChI is InChI=1S/C19H22N2O5/c1-6-9-26-16-10-13(7-8-15(16)22-2)20-21-14-11-17(23-3)19(25-5)18(12-14)24-4/h6-8,10-12H,1,9H2,2-5H3. The molecular formula is C19H22N2O5. The second kappa shape index (κ2) is 9.31. The van der Waals surface area contributed by atoms with E-state index in [9.17, 15) is 0 Å². The maximum atomic E-state index is 5.57. The van der Waals surface area contributed by atoms with Gasteiger partial charge in [-0.15, -0.1) is 0 Å². The Bertz CT molecular complexity index is 764. The number of ether oxygens (including phenoxy) is 5. The highest BCUT2D eigenvalue weighted by atomic mass is 16.5. The van der Waals surface area contributed by atoms with Crippen LogP contribution in [0.4, 0.5) is 11.4 Å². The molecule has 0 aliphatic carbocycles. The van der Waals surface area contributed by atoms with Crippen molar-refractivity contribution in [2.24, 2.45) is 10.2 Å². The van der Waals surface area contributed by atoms with E-state index in [1.54, 1.807) is 64.8 Å². The number of azo groups is 1. The van der Waals surface area contributed by atoms with Crippen molar-refractivity contribution in [2.45, 2.75) is 0 Å². The fourth-order valence-corrected chi connectivity index (χ4v) is 2.23. The Balaban J connectivity index is 2.33. The Labute approximate surface area is 152 Å². The summed E-state index contributed by atoms with van der Waals surface area (Å²) >= 11 is 0. The highest BCUT2D eigenvalue weighted by molar-refractivity contribution is 5.60. The van der Waals surface area contributed by atoms with Gasteiger partial charge in [-0.05, 0) is 12.1 Å². The van der Waals surface area contributed by atoms with Gasteiger partial charge in [0.2, 0.25) is 5.75 Å². The molecule has 0 aromatic heterocycles. The van der Waals surface area contributed by atoms with E-state index in [1.165, 1.54) is 0 Å².